The molecule has 20 heavy (non-hydrogen) atoms. The van der Waals surface area contributed by atoms with E-state index in [1.807, 2.05) is 6.07 Å². The molecule has 1 fully saturated rings. The third-order valence-electron chi connectivity index (χ3n) is 3.27. The van der Waals surface area contributed by atoms with Gasteiger partial charge >= 0.3 is 5.97 Å². The Morgan fingerprint density at radius 3 is 2.60 bits per heavy atom. The summed E-state index contributed by atoms with van der Waals surface area (Å²) >= 11 is 0. The van der Waals surface area contributed by atoms with E-state index in [1.165, 1.54) is 4.90 Å². The van der Waals surface area contributed by atoms with E-state index in [-0.39, 0.29) is 24.8 Å². The van der Waals surface area contributed by atoms with Crippen molar-refractivity contribution in [3.63, 3.8) is 0 Å². The molecule has 0 aliphatic carbocycles. The van der Waals surface area contributed by atoms with Crippen LogP contribution in [0.15, 0.2) is 30.3 Å². The minimum absolute atomic E-state index is 0.0436. The summed E-state index contributed by atoms with van der Waals surface area (Å²) in [6.45, 7) is 0.863. The molecule has 1 unspecified atom stereocenters. The van der Waals surface area contributed by atoms with Crippen molar-refractivity contribution in [3.8, 4) is 0 Å². The van der Waals surface area contributed by atoms with Gasteiger partial charge in [0.2, 0.25) is 5.91 Å². The Kier molecular flexibility index (Phi) is 4.34. The van der Waals surface area contributed by atoms with Crippen LogP contribution in [0.1, 0.15) is 16.8 Å². The van der Waals surface area contributed by atoms with Crippen LogP contribution in [0, 0.1) is 5.92 Å². The second-order valence-corrected chi connectivity index (χ2v) is 4.70. The smallest absolute Gasteiger partial charge is 0.308 e. The summed E-state index contributed by atoms with van der Waals surface area (Å²) < 4.78 is 0. The first-order valence-electron chi connectivity index (χ1n) is 6.42. The molecule has 0 radical (unpaired) electrons. The first-order chi connectivity index (χ1) is 9.58. The van der Waals surface area contributed by atoms with Gasteiger partial charge in [0.05, 0.1) is 5.92 Å². The topological polar surface area (TPSA) is 86.7 Å². The summed E-state index contributed by atoms with van der Waals surface area (Å²) in [7, 11) is 0. The highest BCUT2D eigenvalue weighted by Crippen LogP contribution is 2.17. The molecule has 0 aromatic heterocycles. The number of hydrogen-bond donors (Lipinski definition) is 2. The lowest BCUT2D eigenvalue weighted by Crippen LogP contribution is -2.36. The van der Waals surface area contributed by atoms with Crippen LogP contribution in [0.2, 0.25) is 0 Å². The quantitative estimate of drug-likeness (QED) is 0.812. The number of carboxylic acids is 1. The van der Waals surface area contributed by atoms with E-state index in [1.54, 1.807) is 24.3 Å². The molecule has 0 saturated carbocycles. The van der Waals surface area contributed by atoms with Crippen LogP contribution in [0.5, 0.6) is 0 Å². The number of carboxylic acid groups (broad SMARTS) is 1. The summed E-state index contributed by atoms with van der Waals surface area (Å²) in [5.74, 6) is -1.96. The fourth-order valence-electron chi connectivity index (χ4n) is 2.15. The molecule has 1 aromatic carbocycles. The van der Waals surface area contributed by atoms with Gasteiger partial charge in [-0.1, -0.05) is 18.2 Å². The fourth-order valence-corrected chi connectivity index (χ4v) is 2.15. The molecule has 1 aliphatic heterocycles. The number of rotatable bonds is 5. The monoisotopic (exact) mass is 276 g/mol. The van der Waals surface area contributed by atoms with Gasteiger partial charge in [0.25, 0.3) is 5.91 Å². The third kappa shape index (κ3) is 3.34. The summed E-state index contributed by atoms with van der Waals surface area (Å²) in [5, 5.41) is 11.6. The van der Waals surface area contributed by atoms with Gasteiger partial charge in [-0.15, -0.1) is 0 Å². The van der Waals surface area contributed by atoms with E-state index in [0.717, 1.165) is 0 Å². The van der Waals surface area contributed by atoms with E-state index in [0.29, 0.717) is 18.7 Å². The van der Waals surface area contributed by atoms with E-state index in [9.17, 15) is 14.4 Å². The second kappa shape index (κ2) is 6.18. The number of nitrogens with one attached hydrogen (secondary N) is 1. The molecule has 6 heteroatoms. The molecule has 6 nitrogen and oxygen atoms in total. The maximum atomic E-state index is 11.8. The van der Waals surface area contributed by atoms with E-state index < -0.39 is 11.9 Å². The normalized spacial score (nSPS) is 18.1. The zero-order valence-corrected chi connectivity index (χ0v) is 10.9. The van der Waals surface area contributed by atoms with E-state index in [2.05, 4.69) is 5.32 Å². The number of likely N-dealkylation sites (tertiary alicyclic amines) is 1. The zero-order valence-electron chi connectivity index (χ0n) is 10.9. The molecule has 1 heterocycles. The Labute approximate surface area is 116 Å². The molecule has 1 atom stereocenters. The second-order valence-electron chi connectivity index (χ2n) is 4.70. The van der Waals surface area contributed by atoms with Crippen molar-refractivity contribution in [1.29, 1.82) is 0 Å². The Hall–Kier alpha value is -2.37. The van der Waals surface area contributed by atoms with Crippen molar-refractivity contribution in [1.82, 2.24) is 10.2 Å². The van der Waals surface area contributed by atoms with Crippen LogP contribution in [-0.2, 0) is 9.59 Å². The Morgan fingerprint density at radius 1 is 1.30 bits per heavy atom. The number of hydrogen-bond acceptors (Lipinski definition) is 3. The number of carbonyl (C=O) groups is 3. The van der Waals surface area contributed by atoms with Crippen molar-refractivity contribution in [2.75, 3.05) is 19.6 Å². The van der Waals surface area contributed by atoms with E-state index in [4.69, 9.17) is 5.11 Å². The average Bonchev–Trinajstić information content (AvgIpc) is 2.81. The lowest BCUT2D eigenvalue weighted by Gasteiger charge is -2.16. The highest BCUT2D eigenvalue weighted by molar-refractivity contribution is 5.94. The lowest BCUT2D eigenvalue weighted by atomic mass is 10.1. The molecule has 1 aliphatic rings. The number of carbonyl (C=O) groups excluding carboxylic acids is 2. The Morgan fingerprint density at radius 2 is 2.00 bits per heavy atom. The van der Waals surface area contributed by atoms with Gasteiger partial charge in [0.15, 0.2) is 0 Å². The fraction of sp³-hybridized carbons (Fsp3) is 0.357. The minimum Gasteiger partial charge on any atom is -0.481 e. The van der Waals surface area contributed by atoms with Crippen LogP contribution in [0.4, 0.5) is 0 Å². The summed E-state index contributed by atoms with van der Waals surface area (Å²) in [4.78, 5) is 35.6. The molecular formula is C14H16N2O4. The van der Waals surface area contributed by atoms with Crippen molar-refractivity contribution in [2.45, 2.75) is 6.42 Å². The molecule has 1 saturated heterocycles. The van der Waals surface area contributed by atoms with Crippen molar-refractivity contribution in [3.05, 3.63) is 35.9 Å². The SMILES string of the molecule is O=C(NCCN1CC(C(=O)O)CC1=O)c1ccccc1. The van der Waals surface area contributed by atoms with Crippen molar-refractivity contribution < 1.29 is 19.5 Å². The predicted octanol–water partition coefficient (Wildman–Crippen LogP) is 0.350. The summed E-state index contributed by atoms with van der Waals surface area (Å²) in [6.07, 6.45) is 0.0436. The van der Waals surface area contributed by atoms with Gasteiger partial charge in [0, 0.05) is 31.6 Å². The maximum absolute atomic E-state index is 11.8. The van der Waals surface area contributed by atoms with Gasteiger partial charge in [-0.2, -0.15) is 0 Å². The summed E-state index contributed by atoms with van der Waals surface area (Å²) in [6, 6.07) is 8.78. The highest BCUT2D eigenvalue weighted by Gasteiger charge is 2.33. The number of nitrogens with zero attached hydrogens (tertiary/aromatic N) is 1. The van der Waals surface area contributed by atoms with Crippen LogP contribution in [0.25, 0.3) is 0 Å². The number of amides is 2. The van der Waals surface area contributed by atoms with Crippen LogP contribution in [-0.4, -0.2) is 47.4 Å². The first kappa shape index (κ1) is 14.0. The number of benzene rings is 1. The largest absolute Gasteiger partial charge is 0.481 e. The molecular weight excluding hydrogens is 260 g/mol. The third-order valence-corrected chi connectivity index (χ3v) is 3.27. The standard InChI is InChI=1S/C14H16N2O4/c17-12-8-11(14(19)20)9-16(12)7-6-15-13(18)10-4-2-1-3-5-10/h1-5,11H,6-9H2,(H,15,18)(H,19,20). The molecule has 2 N–H and O–H groups in total. The van der Waals surface area contributed by atoms with Crippen LogP contribution >= 0.6 is 0 Å². The van der Waals surface area contributed by atoms with Gasteiger partial charge in [-0.3, -0.25) is 14.4 Å². The lowest BCUT2D eigenvalue weighted by molar-refractivity contribution is -0.141. The molecule has 106 valence electrons. The summed E-state index contributed by atoms with van der Waals surface area (Å²) in [5.41, 5.74) is 0.559. The minimum atomic E-state index is -0.950. The Bertz CT molecular complexity index is 515. The predicted molar refractivity (Wildman–Crippen MR) is 71.1 cm³/mol. The average molecular weight is 276 g/mol. The zero-order chi connectivity index (χ0) is 14.5. The molecule has 1 aromatic rings. The van der Waals surface area contributed by atoms with E-state index >= 15 is 0 Å². The van der Waals surface area contributed by atoms with Gasteiger partial charge in [0.1, 0.15) is 0 Å². The van der Waals surface area contributed by atoms with Gasteiger partial charge in [-0.05, 0) is 12.1 Å². The van der Waals surface area contributed by atoms with Crippen LogP contribution < -0.4 is 5.32 Å². The Balaban J connectivity index is 1.78. The molecule has 2 amide bonds. The van der Waals surface area contributed by atoms with Crippen LogP contribution in [0.3, 0.4) is 0 Å². The van der Waals surface area contributed by atoms with Crippen molar-refractivity contribution in [2.24, 2.45) is 5.92 Å². The highest BCUT2D eigenvalue weighted by atomic mass is 16.4. The maximum Gasteiger partial charge on any atom is 0.308 e. The van der Waals surface area contributed by atoms with Gasteiger partial charge < -0.3 is 15.3 Å². The number of aliphatic carboxylic acids is 1. The first-order valence-corrected chi connectivity index (χ1v) is 6.42. The van der Waals surface area contributed by atoms with Gasteiger partial charge in [-0.25, -0.2) is 0 Å². The molecule has 0 spiro atoms. The van der Waals surface area contributed by atoms with Crippen molar-refractivity contribution >= 4 is 17.8 Å². The molecule has 0 bridgehead atoms. The molecule has 2 rings (SSSR count).